The second-order valence-electron chi connectivity index (χ2n) is 10.3. The lowest BCUT2D eigenvalue weighted by atomic mass is 9.98. The summed E-state index contributed by atoms with van der Waals surface area (Å²) in [5.41, 5.74) is 2.90. The molecule has 2 saturated heterocycles. The fourth-order valence-electron chi connectivity index (χ4n) is 5.37. The highest BCUT2D eigenvalue weighted by Gasteiger charge is 2.28. The van der Waals surface area contributed by atoms with Crippen molar-refractivity contribution in [3.63, 3.8) is 0 Å². The Morgan fingerprint density at radius 3 is 2.15 bits per heavy atom. The van der Waals surface area contributed by atoms with Crippen molar-refractivity contribution in [1.29, 1.82) is 0 Å². The van der Waals surface area contributed by atoms with Crippen molar-refractivity contribution in [3.05, 3.63) is 83.7 Å². The van der Waals surface area contributed by atoms with E-state index in [1.165, 1.54) is 12.1 Å². The van der Waals surface area contributed by atoms with Crippen LogP contribution in [-0.2, 0) is 0 Å². The van der Waals surface area contributed by atoms with Gasteiger partial charge in [-0.1, -0.05) is 31.2 Å². The first kappa shape index (κ1) is 26.5. The maximum absolute atomic E-state index is 14.2. The van der Waals surface area contributed by atoms with Crippen LogP contribution in [0.1, 0.15) is 40.5 Å². The van der Waals surface area contributed by atoms with Gasteiger partial charge < -0.3 is 24.8 Å². The minimum atomic E-state index is -0.585. The molecule has 2 fully saturated rings. The summed E-state index contributed by atoms with van der Waals surface area (Å²) in [6, 6.07) is 19.3. The number of methoxy groups -OCH3 is 1. The summed E-state index contributed by atoms with van der Waals surface area (Å²) in [5.74, 6) is 0.278. The highest BCUT2D eigenvalue weighted by molar-refractivity contribution is 6.06. The Morgan fingerprint density at radius 2 is 1.46 bits per heavy atom. The molecule has 2 amide bonds. The van der Waals surface area contributed by atoms with E-state index in [1.807, 2.05) is 29.2 Å². The lowest BCUT2D eigenvalue weighted by Crippen LogP contribution is -2.47. The Bertz CT molecular complexity index is 1330. The molecule has 0 atom stereocenters. The van der Waals surface area contributed by atoms with Crippen LogP contribution >= 0.6 is 0 Å². The quantitative estimate of drug-likeness (QED) is 0.470. The standard InChI is InChI=1S/C31H35FN4O3/c1-22-13-15-36(16-14-22)31(38)25-21-23(33-30(37)24-7-3-4-8-26(24)32)11-12-27(25)34-17-19-35(20-18-34)28-9-5-6-10-29(28)39-2/h3-12,21-22H,13-20H2,1-2H3,(H,33,37). The van der Waals surface area contributed by atoms with Crippen LogP contribution in [0, 0.1) is 11.7 Å². The van der Waals surface area contributed by atoms with E-state index in [0.717, 1.165) is 56.1 Å². The van der Waals surface area contributed by atoms with Gasteiger partial charge in [0, 0.05) is 50.6 Å². The van der Waals surface area contributed by atoms with E-state index in [0.29, 0.717) is 30.3 Å². The third-order valence-corrected chi connectivity index (χ3v) is 7.72. The molecular formula is C31H35FN4O3. The van der Waals surface area contributed by atoms with Gasteiger partial charge in [0.1, 0.15) is 11.6 Å². The van der Waals surface area contributed by atoms with E-state index in [-0.39, 0.29) is 11.5 Å². The van der Waals surface area contributed by atoms with E-state index < -0.39 is 11.7 Å². The van der Waals surface area contributed by atoms with Gasteiger partial charge in [0.15, 0.2) is 0 Å². The lowest BCUT2D eigenvalue weighted by Gasteiger charge is -2.39. The number of piperazine rings is 1. The highest BCUT2D eigenvalue weighted by Crippen LogP contribution is 2.32. The third kappa shape index (κ3) is 5.85. The number of hydrogen-bond acceptors (Lipinski definition) is 5. The molecule has 0 spiro atoms. The number of benzene rings is 3. The fraction of sp³-hybridized carbons (Fsp3) is 0.355. The molecule has 3 aromatic rings. The zero-order valence-corrected chi connectivity index (χ0v) is 22.5. The van der Waals surface area contributed by atoms with E-state index >= 15 is 0 Å². The maximum Gasteiger partial charge on any atom is 0.258 e. The second kappa shape index (κ2) is 11.8. The average Bonchev–Trinajstić information content (AvgIpc) is 2.97. The number of piperidine rings is 1. The first-order valence-corrected chi connectivity index (χ1v) is 13.6. The van der Waals surface area contributed by atoms with Gasteiger partial charge in [-0.3, -0.25) is 9.59 Å². The molecule has 204 valence electrons. The van der Waals surface area contributed by atoms with E-state index in [1.54, 1.807) is 31.4 Å². The average molecular weight is 531 g/mol. The van der Waals surface area contributed by atoms with Crippen molar-refractivity contribution in [2.45, 2.75) is 19.8 Å². The molecule has 0 bridgehead atoms. The van der Waals surface area contributed by atoms with Crippen molar-refractivity contribution in [3.8, 4) is 5.75 Å². The number of nitrogens with one attached hydrogen (secondary N) is 1. The molecule has 8 heteroatoms. The molecule has 0 unspecified atom stereocenters. The lowest BCUT2D eigenvalue weighted by molar-refractivity contribution is 0.0697. The predicted molar refractivity (Wildman–Crippen MR) is 153 cm³/mol. The highest BCUT2D eigenvalue weighted by atomic mass is 19.1. The molecule has 2 aliphatic rings. The summed E-state index contributed by atoms with van der Waals surface area (Å²) in [6.45, 7) is 6.67. The second-order valence-corrected chi connectivity index (χ2v) is 10.3. The number of carbonyl (C=O) groups is 2. The van der Waals surface area contributed by atoms with Gasteiger partial charge in [-0.05, 0) is 61.2 Å². The zero-order valence-electron chi connectivity index (χ0n) is 22.5. The van der Waals surface area contributed by atoms with Gasteiger partial charge in [-0.15, -0.1) is 0 Å². The van der Waals surface area contributed by atoms with Crippen LogP contribution in [0.15, 0.2) is 66.7 Å². The van der Waals surface area contributed by atoms with Crippen LogP contribution in [0.3, 0.4) is 0 Å². The number of para-hydroxylation sites is 2. The summed E-state index contributed by atoms with van der Waals surface area (Å²) in [7, 11) is 1.68. The molecular weight excluding hydrogens is 495 g/mol. The van der Waals surface area contributed by atoms with Crippen molar-refractivity contribution < 1.29 is 18.7 Å². The number of carbonyl (C=O) groups excluding carboxylic acids is 2. The number of likely N-dealkylation sites (tertiary alicyclic amines) is 1. The minimum absolute atomic E-state index is 0.0352. The number of hydrogen-bond donors (Lipinski definition) is 1. The molecule has 0 saturated carbocycles. The number of amides is 2. The number of nitrogens with zero attached hydrogens (tertiary/aromatic N) is 3. The summed E-state index contributed by atoms with van der Waals surface area (Å²) in [6.07, 6.45) is 1.95. The monoisotopic (exact) mass is 530 g/mol. The first-order valence-electron chi connectivity index (χ1n) is 13.6. The molecule has 0 radical (unpaired) electrons. The Hall–Kier alpha value is -4.07. The van der Waals surface area contributed by atoms with Crippen LogP contribution in [-0.4, -0.2) is 63.1 Å². The van der Waals surface area contributed by atoms with Crippen molar-refractivity contribution >= 4 is 28.9 Å². The predicted octanol–water partition coefficient (Wildman–Crippen LogP) is 5.29. The molecule has 2 aliphatic heterocycles. The van der Waals surface area contributed by atoms with Crippen LogP contribution in [0.25, 0.3) is 0 Å². The van der Waals surface area contributed by atoms with E-state index in [2.05, 4.69) is 28.1 Å². The summed E-state index contributed by atoms with van der Waals surface area (Å²) in [5, 5.41) is 2.79. The smallest absolute Gasteiger partial charge is 0.258 e. The van der Waals surface area contributed by atoms with Gasteiger partial charge in [-0.2, -0.15) is 0 Å². The molecule has 7 nitrogen and oxygen atoms in total. The summed E-state index contributed by atoms with van der Waals surface area (Å²) < 4.78 is 19.7. The van der Waals surface area contributed by atoms with Crippen molar-refractivity contribution in [2.75, 3.05) is 61.5 Å². The van der Waals surface area contributed by atoms with Gasteiger partial charge in [0.2, 0.25) is 0 Å². The third-order valence-electron chi connectivity index (χ3n) is 7.72. The molecule has 3 aromatic carbocycles. The van der Waals surface area contributed by atoms with Crippen LogP contribution in [0.4, 0.5) is 21.5 Å². The van der Waals surface area contributed by atoms with Gasteiger partial charge >= 0.3 is 0 Å². The largest absolute Gasteiger partial charge is 0.495 e. The molecule has 0 aliphatic carbocycles. The molecule has 1 N–H and O–H groups in total. The van der Waals surface area contributed by atoms with Gasteiger partial charge in [-0.25, -0.2) is 4.39 Å². The van der Waals surface area contributed by atoms with Crippen LogP contribution < -0.4 is 19.9 Å². The van der Waals surface area contributed by atoms with E-state index in [4.69, 9.17) is 4.74 Å². The molecule has 0 aromatic heterocycles. The Balaban J connectivity index is 1.39. The van der Waals surface area contributed by atoms with E-state index in [9.17, 15) is 14.0 Å². The van der Waals surface area contributed by atoms with Crippen molar-refractivity contribution in [1.82, 2.24) is 4.90 Å². The SMILES string of the molecule is COc1ccccc1N1CCN(c2ccc(NC(=O)c3ccccc3F)cc2C(=O)N2CCC(C)CC2)CC1. The van der Waals surface area contributed by atoms with Crippen molar-refractivity contribution in [2.24, 2.45) is 5.92 Å². The summed E-state index contributed by atoms with van der Waals surface area (Å²) in [4.78, 5) is 33.0. The minimum Gasteiger partial charge on any atom is -0.495 e. The Labute approximate surface area is 229 Å². The van der Waals surface area contributed by atoms with Crippen LogP contribution in [0.2, 0.25) is 0 Å². The Morgan fingerprint density at radius 1 is 0.821 bits per heavy atom. The Kier molecular flexibility index (Phi) is 8.00. The fourth-order valence-corrected chi connectivity index (χ4v) is 5.37. The van der Waals surface area contributed by atoms with Gasteiger partial charge in [0.05, 0.1) is 23.9 Å². The normalized spacial score (nSPS) is 16.2. The van der Waals surface area contributed by atoms with Gasteiger partial charge in [0.25, 0.3) is 11.8 Å². The number of rotatable bonds is 6. The topological polar surface area (TPSA) is 65.1 Å². The number of ether oxygens (including phenoxy) is 1. The molecule has 2 heterocycles. The molecule has 39 heavy (non-hydrogen) atoms. The zero-order chi connectivity index (χ0) is 27.4. The number of halogens is 1. The molecule has 5 rings (SSSR count). The number of anilines is 3. The summed E-state index contributed by atoms with van der Waals surface area (Å²) >= 11 is 0. The van der Waals surface area contributed by atoms with Crippen LogP contribution in [0.5, 0.6) is 5.75 Å². The maximum atomic E-state index is 14.2. The first-order chi connectivity index (χ1) is 18.9.